The first-order chi connectivity index (χ1) is 13.7. The summed E-state index contributed by atoms with van der Waals surface area (Å²) >= 11 is 1.82. The fraction of sp³-hybridized carbons (Fsp3) is 0.409. The molecule has 1 aromatic heterocycles. The van der Waals surface area contributed by atoms with Crippen LogP contribution in [-0.2, 0) is 0 Å². The van der Waals surface area contributed by atoms with Crippen LogP contribution in [0.2, 0.25) is 0 Å². The summed E-state index contributed by atoms with van der Waals surface area (Å²) in [5.74, 6) is 1.75. The van der Waals surface area contributed by atoms with Crippen LogP contribution in [0.25, 0.3) is 10.2 Å². The van der Waals surface area contributed by atoms with Gasteiger partial charge in [0.05, 0.1) is 23.4 Å². The fourth-order valence-corrected chi connectivity index (χ4v) is 4.62. The van der Waals surface area contributed by atoms with Crippen molar-refractivity contribution in [1.82, 2.24) is 14.8 Å². The summed E-state index contributed by atoms with van der Waals surface area (Å²) in [6.45, 7) is 8.22. The Labute approximate surface area is 170 Å². The molecule has 1 aliphatic heterocycles. The van der Waals surface area contributed by atoms with Crippen molar-refractivity contribution >= 4 is 21.6 Å². The lowest BCUT2D eigenvalue weighted by molar-refractivity contribution is 0.0917. The molecular formula is C22H27N3O2S. The van der Waals surface area contributed by atoms with Gasteiger partial charge >= 0.3 is 0 Å². The highest BCUT2D eigenvalue weighted by Gasteiger charge is 2.24. The molecule has 0 N–H and O–H groups in total. The quantitative estimate of drug-likeness (QED) is 0.601. The van der Waals surface area contributed by atoms with Crippen LogP contribution in [0.5, 0.6) is 11.5 Å². The molecule has 6 heteroatoms. The van der Waals surface area contributed by atoms with Crippen molar-refractivity contribution in [2.24, 2.45) is 0 Å². The number of para-hydroxylation sites is 1. The van der Waals surface area contributed by atoms with Gasteiger partial charge in [-0.15, -0.1) is 11.3 Å². The molecule has 3 aromatic rings. The maximum absolute atomic E-state index is 5.87. The number of aromatic nitrogens is 1. The highest BCUT2D eigenvalue weighted by atomic mass is 32.1. The Morgan fingerprint density at radius 1 is 1.00 bits per heavy atom. The van der Waals surface area contributed by atoms with Crippen LogP contribution in [0.15, 0.2) is 48.5 Å². The molecular weight excluding hydrogens is 370 g/mol. The lowest BCUT2D eigenvalue weighted by atomic mass is 10.2. The Balaban J connectivity index is 1.23. The number of benzene rings is 2. The average Bonchev–Trinajstić information content (AvgIpc) is 3.18. The SMILES string of the molecule is COc1ccc(OCCN2CCN([C@H](C)c3nc4ccccc4s3)CC2)cc1. The molecule has 2 aromatic carbocycles. The van der Waals surface area contributed by atoms with Crippen LogP contribution in [0.4, 0.5) is 0 Å². The third-order valence-electron chi connectivity index (χ3n) is 5.36. The Hall–Kier alpha value is -2.15. The van der Waals surface area contributed by atoms with Crippen molar-refractivity contribution < 1.29 is 9.47 Å². The van der Waals surface area contributed by atoms with Crippen LogP contribution in [0, 0.1) is 0 Å². The van der Waals surface area contributed by atoms with Gasteiger partial charge in [-0.2, -0.15) is 0 Å². The number of ether oxygens (including phenoxy) is 2. The van der Waals surface area contributed by atoms with Gasteiger partial charge < -0.3 is 9.47 Å². The molecule has 1 saturated heterocycles. The first-order valence-corrected chi connectivity index (χ1v) is 10.6. The van der Waals surface area contributed by atoms with Gasteiger partial charge in [-0.05, 0) is 43.3 Å². The summed E-state index contributed by atoms with van der Waals surface area (Å²) in [4.78, 5) is 9.85. The molecule has 2 heterocycles. The van der Waals surface area contributed by atoms with Crippen molar-refractivity contribution in [2.45, 2.75) is 13.0 Å². The van der Waals surface area contributed by atoms with Crippen LogP contribution >= 0.6 is 11.3 Å². The Kier molecular flexibility index (Phi) is 6.10. The minimum Gasteiger partial charge on any atom is -0.497 e. The maximum atomic E-state index is 5.87. The molecule has 5 nitrogen and oxygen atoms in total. The average molecular weight is 398 g/mol. The number of thiazole rings is 1. The van der Waals surface area contributed by atoms with E-state index >= 15 is 0 Å². The molecule has 28 heavy (non-hydrogen) atoms. The number of nitrogens with zero attached hydrogens (tertiary/aromatic N) is 3. The zero-order valence-corrected chi connectivity index (χ0v) is 17.3. The minimum absolute atomic E-state index is 0.370. The Morgan fingerprint density at radius 3 is 2.43 bits per heavy atom. The number of piperazine rings is 1. The Morgan fingerprint density at radius 2 is 1.71 bits per heavy atom. The first-order valence-electron chi connectivity index (χ1n) is 9.81. The summed E-state index contributed by atoms with van der Waals surface area (Å²) in [6, 6.07) is 16.5. The molecule has 0 unspecified atom stereocenters. The van der Waals surface area contributed by atoms with E-state index in [1.165, 1.54) is 9.71 Å². The second kappa shape index (κ2) is 8.90. The highest BCUT2D eigenvalue weighted by Crippen LogP contribution is 2.29. The summed E-state index contributed by atoms with van der Waals surface area (Å²) in [7, 11) is 1.67. The molecule has 0 saturated carbocycles. The highest BCUT2D eigenvalue weighted by molar-refractivity contribution is 7.18. The van der Waals surface area contributed by atoms with E-state index in [2.05, 4.69) is 41.0 Å². The lowest BCUT2D eigenvalue weighted by Gasteiger charge is -2.37. The van der Waals surface area contributed by atoms with E-state index in [-0.39, 0.29) is 0 Å². The zero-order chi connectivity index (χ0) is 19.3. The van der Waals surface area contributed by atoms with Crippen molar-refractivity contribution in [3.8, 4) is 11.5 Å². The predicted octanol–water partition coefficient (Wildman–Crippen LogP) is 4.06. The third-order valence-corrected chi connectivity index (χ3v) is 6.56. The van der Waals surface area contributed by atoms with Gasteiger partial charge in [0.25, 0.3) is 0 Å². The minimum atomic E-state index is 0.370. The van der Waals surface area contributed by atoms with Crippen LogP contribution in [0.1, 0.15) is 18.0 Å². The monoisotopic (exact) mass is 397 g/mol. The second-order valence-corrected chi connectivity index (χ2v) is 8.16. The fourth-order valence-electron chi connectivity index (χ4n) is 3.56. The summed E-state index contributed by atoms with van der Waals surface area (Å²) in [5, 5.41) is 1.22. The number of hydrogen-bond acceptors (Lipinski definition) is 6. The van der Waals surface area contributed by atoms with Crippen LogP contribution in [-0.4, -0.2) is 61.2 Å². The van der Waals surface area contributed by atoms with Gasteiger partial charge in [-0.3, -0.25) is 9.80 Å². The molecule has 0 bridgehead atoms. The molecule has 0 spiro atoms. The van der Waals surface area contributed by atoms with Gasteiger partial charge in [0.1, 0.15) is 23.1 Å². The molecule has 0 radical (unpaired) electrons. The molecule has 1 aliphatic rings. The van der Waals surface area contributed by atoms with E-state index in [1.54, 1.807) is 7.11 Å². The van der Waals surface area contributed by atoms with E-state index in [0.717, 1.165) is 49.7 Å². The van der Waals surface area contributed by atoms with Gasteiger partial charge in [0.2, 0.25) is 0 Å². The zero-order valence-electron chi connectivity index (χ0n) is 16.5. The van der Waals surface area contributed by atoms with Crippen LogP contribution in [0.3, 0.4) is 0 Å². The standard InChI is InChI=1S/C22H27N3O2S/c1-17(22-23-20-5-3-4-6-21(20)28-22)25-13-11-24(12-14-25)15-16-27-19-9-7-18(26-2)8-10-19/h3-10,17H,11-16H2,1-2H3/t17-/m1/s1. The number of methoxy groups -OCH3 is 1. The van der Waals surface area contributed by atoms with Crippen molar-refractivity contribution in [1.29, 1.82) is 0 Å². The van der Waals surface area contributed by atoms with Gasteiger partial charge in [0, 0.05) is 32.7 Å². The number of hydrogen-bond donors (Lipinski definition) is 0. The molecule has 0 amide bonds. The van der Waals surface area contributed by atoms with Gasteiger partial charge in [-0.1, -0.05) is 12.1 Å². The molecule has 4 rings (SSSR count). The van der Waals surface area contributed by atoms with E-state index < -0.39 is 0 Å². The van der Waals surface area contributed by atoms with Crippen molar-refractivity contribution in [2.75, 3.05) is 46.4 Å². The smallest absolute Gasteiger partial charge is 0.119 e. The summed E-state index contributed by atoms with van der Waals surface area (Å²) in [6.07, 6.45) is 0. The first kappa shape index (κ1) is 19.2. The van der Waals surface area contributed by atoms with Crippen molar-refractivity contribution in [3.05, 3.63) is 53.5 Å². The molecule has 148 valence electrons. The van der Waals surface area contributed by atoms with E-state index in [9.17, 15) is 0 Å². The predicted molar refractivity (Wildman–Crippen MR) is 115 cm³/mol. The van der Waals surface area contributed by atoms with Gasteiger partial charge in [-0.25, -0.2) is 4.98 Å². The second-order valence-electron chi connectivity index (χ2n) is 7.10. The summed E-state index contributed by atoms with van der Waals surface area (Å²) in [5.41, 5.74) is 1.11. The third kappa shape index (κ3) is 4.46. The normalized spacial score (nSPS) is 16.9. The Bertz CT molecular complexity index is 855. The lowest BCUT2D eigenvalue weighted by Crippen LogP contribution is -2.48. The largest absolute Gasteiger partial charge is 0.497 e. The molecule has 1 atom stereocenters. The number of rotatable bonds is 7. The molecule has 0 aliphatic carbocycles. The van der Waals surface area contributed by atoms with Crippen LogP contribution < -0.4 is 9.47 Å². The van der Waals surface area contributed by atoms with E-state index in [1.807, 2.05) is 35.6 Å². The number of fused-ring (bicyclic) bond motifs is 1. The van der Waals surface area contributed by atoms with E-state index in [4.69, 9.17) is 14.5 Å². The van der Waals surface area contributed by atoms with E-state index in [0.29, 0.717) is 12.6 Å². The van der Waals surface area contributed by atoms with Crippen molar-refractivity contribution in [3.63, 3.8) is 0 Å². The molecule has 1 fully saturated rings. The van der Waals surface area contributed by atoms with Gasteiger partial charge in [0.15, 0.2) is 0 Å². The summed E-state index contributed by atoms with van der Waals surface area (Å²) < 4.78 is 12.3. The topological polar surface area (TPSA) is 37.8 Å². The maximum Gasteiger partial charge on any atom is 0.119 e.